The highest BCUT2D eigenvalue weighted by Crippen LogP contribution is 2.23. The van der Waals surface area contributed by atoms with Gasteiger partial charge in [0.15, 0.2) is 4.77 Å². The number of rotatable bonds is 2. The van der Waals surface area contributed by atoms with Crippen LogP contribution in [0.5, 0.6) is 0 Å². The van der Waals surface area contributed by atoms with Crippen molar-refractivity contribution >= 4 is 23.6 Å². The standard InChI is InChI=1S/C13H14N4S/c1-8-4-6-11(7-5-8)16-17-12-9(2)14-13(18)15-10(12)3/h4-7H,1-3H3,(H,14,15,18). The fourth-order valence-electron chi connectivity index (χ4n) is 1.59. The summed E-state index contributed by atoms with van der Waals surface area (Å²) in [6.45, 7) is 5.82. The summed E-state index contributed by atoms with van der Waals surface area (Å²) in [5.74, 6) is 0. The minimum Gasteiger partial charge on any atom is -0.333 e. The zero-order valence-electron chi connectivity index (χ0n) is 10.6. The molecule has 0 fully saturated rings. The number of azo groups is 1. The van der Waals surface area contributed by atoms with Crippen LogP contribution < -0.4 is 0 Å². The van der Waals surface area contributed by atoms with Crippen LogP contribution in [0.1, 0.15) is 17.0 Å². The van der Waals surface area contributed by atoms with Gasteiger partial charge in [0.2, 0.25) is 0 Å². The lowest BCUT2D eigenvalue weighted by molar-refractivity contribution is 1.01. The Balaban J connectivity index is 2.34. The normalized spacial score (nSPS) is 11.1. The summed E-state index contributed by atoms with van der Waals surface area (Å²) in [5, 5.41) is 8.43. The minimum atomic E-state index is 0.472. The van der Waals surface area contributed by atoms with E-state index in [4.69, 9.17) is 12.2 Å². The van der Waals surface area contributed by atoms with E-state index < -0.39 is 0 Å². The number of aromatic nitrogens is 2. The SMILES string of the molecule is Cc1ccc(N=Nc2c(C)nc(=S)[nH]c2C)cc1. The number of benzene rings is 1. The fourth-order valence-corrected chi connectivity index (χ4v) is 1.88. The van der Waals surface area contributed by atoms with Crippen molar-refractivity contribution in [3.8, 4) is 0 Å². The molecule has 0 aliphatic carbocycles. The molecule has 0 saturated carbocycles. The lowest BCUT2D eigenvalue weighted by Crippen LogP contribution is -1.90. The van der Waals surface area contributed by atoms with Gasteiger partial charge >= 0.3 is 0 Å². The Morgan fingerprint density at radius 3 is 2.33 bits per heavy atom. The molecule has 0 aliphatic rings. The van der Waals surface area contributed by atoms with Gasteiger partial charge in [0.25, 0.3) is 0 Å². The third kappa shape index (κ3) is 2.87. The first-order valence-corrected chi connectivity index (χ1v) is 6.03. The second-order valence-corrected chi connectivity index (χ2v) is 4.52. The summed E-state index contributed by atoms with van der Waals surface area (Å²) in [7, 11) is 0. The molecule has 1 aromatic heterocycles. The van der Waals surface area contributed by atoms with Crippen LogP contribution in [0.4, 0.5) is 11.4 Å². The molecule has 4 nitrogen and oxygen atoms in total. The van der Waals surface area contributed by atoms with Crippen molar-refractivity contribution in [1.29, 1.82) is 0 Å². The Morgan fingerprint density at radius 1 is 1.06 bits per heavy atom. The van der Waals surface area contributed by atoms with E-state index in [1.54, 1.807) is 0 Å². The van der Waals surface area contributed by atoms with E-state index >= 15 is 0 Å². The molecule has 0 amide bonds. The first kappa shape index (κ1) is 12.6. The van der Waals surface area contributed by atoms with Gasteiger partial charge in [-0.3, -0.25) is 0 Å². The second-order valence-electron chi connectivity index (χ2n) is 4.14. The van der Waals surface area contributed by atoms with Crippen LogP contribution in [0.3, 0.4) is 0 Å². The number of nitrogens with one attached hydrogen (secondary N) is 1. The highest BCUT2D eigenvalue weighted by Gasteiger charge is 2.03. The maximum absolute atomic E-state index is 5.00. The quantitative estimate of drug-likeness (QED) is 0.637. The monoisotopic (exact) mass is 258 g/mol. The molecule has 1 aromatic carbocycles. The Bertz CT molecular complexity index is 615. The lowest BCUT2D eigenvalue weighted by Gasteiger charge is -2.02. The zero-order valence-corrected chi connectivity index (χ0v) is 11.4. The maximum atomic E-state index is 5.00. The van der Waals surface area contributed by atoms with E-state index in [1.807, 2.05) is 45.0 Å². The second kappa shape index (κ2) is 5.18. The van der Waals surface area contributed by atoms with Gasteiger partial charge < -0.3 is 4.98 Å². The highest BCUT2D eigenvalue weighted by atomic mass is 32.1. The van der Waals surface area contributed by atoms with E-state index in [9.17, 15) is 0 Å². The largest absolute Gasteiger partial charge is 0.333 e. The smallest absolute Gasteiger partial charge is 0.197 e. The van der Waals surface area contributed by atoms with Crippen LogP contribution in [0, 0.1) is 25.5 Å². The number of aryl methyl sites for hydroxylation is 3. The average Bonchev–Trinajstić information content (AvgIpc) is 2.30. The van der Waals surface area contributed by atoms with Gasteiger partial charge in [-0.15, -0.1) is 5.11 Å². The summed E-state index contributed by atoms with van der Waals surface area (Å²) in [4.78, 5) is 7.14. The molecule has 5 heteroatoms. The van der Waals surface area contributed by atoms with Gasteiger partial charge in [-0.2, -0.15) is 5.11 Å². The number of aromatic amines is 1. The Hall–Kier alpha value is -1.88. The van der Waals surface area contributed by atoms with E-state index in [2.05, 4.69) is 20.2 Å². The van der Waals surface area contributed by atoms with Crippen LogP contribution in [0.2, 0.25) is 0 Å². The van der Waals surface area contributed by atoms with Crippen molar-refractivity contribution in [1.82, 2.24) is 9.97 Å². The summed E-state index contributed by atoms with van der Waals surface area (Å²) >= 11 is 5.00. The lowest BCUT2D eigenvalue weighted by atomic mass is 10.2. The van der Waals surface area contributed by atoms with Crippen molar-refractivity contribution < 1.29 is 0 Å². The van der Waals surface area contributed by atoms with E-state index in [-0.39, 0.29) is 0 Å². The Morgan fingerprint density at radius 2 is 1.72 bits per heavy atom. The van der Waals surface area contributed by atoms with Gasteiger partial charge in [-0.25, -0.2) is 4.98 Å². The molecular formula is C13H14N4S. The van der Waals surface area contributed by atoms with Crippen LogP contribution in [-0.2, 0) is 0 Å². The van der Waals surface area contributed by atoms with Crippen LogP contribution in [-0.4, -0.2) is 9.97 Å². The number of hydrogen-bond acceptors (Lipinski definition) is 4. The van der Waals surface area contributed by atoms with Gasteiger partial charge in [0.1, 0.15) is 5.69 Å². The molecule has 0 unspecified atom stereocenters. The maximum Gasteiger partial charge on any atom is 0.197 e. The Kier molecular flexibility index (Phi) is 3.62. The first-order chi connectivity index (χ1) is 8.56. The molecule has 0 radical (unpaired) electrons. The summed E-state index contributed by atoms with van der Waals surface area (Å²) < 4.78 is 0.472. The molecule has 2 rings (SSSR count). The van der Waals surface area contributed by atoms with Gasteiger partial charge in [-0.05, 0) is 45.1 Å². The number of H-pyrrole nitrogens is 1. The molecule has 92 valence electrons. The van der Waals surface area contributed by atoms with Crippen molar-refractivity contribution in [3.05, 3.63) is 46.0 Å². The third-order valence-corrected chi connectivity index (χ3v) is 2.75. The van der Waals surface area contributed by atoms with Crippen molar-refractivity contribution in [2.24, 2.45) is 10.2 Å². The molecule has 1 heterocycles. The predicted molar refractivity (Wildman–Crippen MR) is 74.3 cm³/mol. The molecular weight excluding hydrogens is 244 g/mol. The van der Waals surface area contributed by atoms with Gasteiger partial charge in [-0.1, -0.05) is 17.7 Å². The van der Waals surface area contributed by atoms with Crippen molar-refractivity contribution in [2.45, 2.75) is 20.8 Å². The van der Waals surface area contributed by atoms with E-state index in [0.717, 1.165) is 22.8 Å². The van der Waals surface area contributed by atoms with Crippen molar-refractivity contribution in [3.63, 3.8) is 0 Å². The summed E-state index contributed by atoms with van der Waals surface area (Å²) in [6.07, 6.45) is 0. The van der Waals surface area contributed by atoms with Crippen LogP contribution in [0.25, 0.3) is 0 Å². The number of hydrogen-bond donors (Lipinski definition) is 1. The summed E-state index contributed by atoms with van der Waals surface area (Å²) in [5.41, 5.74) is 4.42. The van der Waals surface area contributed by atoms with Gasteiger partial charge in [0, 0.05) is 5.69 Å². The fraction of sp³-hybridized carbons (Fsp3) is 0.231. The zero-order chi connectivity index (χ0) is 13.1. The molecule has 0 atom stereocenters. The van der Waals surface area contributed by atoms with Crippen LogP contribution in [0.15, 0.2) is 34.5 Å². The molecule has 0 saturated heterocycles. The third-order valence-electron chi connectivity index (χ3n) is 2.56. The van der Waals surface area contributed by atoms with Crippen molar-refractivity contribution in [2.75, 3.05) is 0 Å². The molecule has 1 N–H and O–H groups in total. The van der Waals surface area contributed by atoms with Gasteiger partial charge in [0.05, 0.1) is 11.4 Å². The molecule has 18 heavy (non-hydrogen) atoms. The Labute approximate surface area is 111 Å². The van der Waals surface area contributed by atoms with E-state index in [0.29, 0.717) is 4.77 Å². The first-order valence-electron chi connectivity index (χ1n) is 5.62. The van der Waals surface area contributed by atoms with Crippen LogP contribution >= 0.6 is 12.2 Å². The number of nitrogens with zero attached hydrogens (tertiary/aromatic N) is 3. The highest BCUT2D eigenvalue weighted by molar-refractivity contribution is 7.71. The van der Waals surface area contributed by atoms with E-state index in [1.165, 1.54) is 5.56 Å². The molecule has 0 aliphatic heterocycles. The molecule has 0 spiro atoms. The topological polar surface area (TPSA) is 53.4 Å². The summed E-state index contributed by atoms with van der Waals surface area (Å²) in [6, 6.07) is 7.87. The predicted octanol–water partition coefficient (Wildman–Crippen LogP) is 4.48. The minimum absolute atomic E-state index is 0.472. The molecule has 2 aromatic rings. The average molecular weight is 258 g/mol. The molecule has 0 bridgehead atoms.